The van der Waals surface area contributed by atoms with Gasteiger partial charge >= 0.3 is 0 Å². The van der Waals surface area contributed by atoms with Gasteiger partial charge in [0.25, 0.3) is 0 Å². The zero-order valence-corrected chi connectivity index (χ0v) is 12.7. The SMILES string of the molecule is Cc1ncc(CC2(CCl)CCCc3ccccc32)s1. The summed E-state index contributed by atoms with van der Waals surface area (Å²) < 4.78 is 0. The summed E-state index contributed by atoms with van der Waals surface area (Å²) in [6, 6.07) is 8.81. The van der Waals surface area contributed by atoms with Crippen LogP contribution in [-0.2, 0) is 18.3 Å². The molecule has 100 valence electrons. The zero-order chi connectivity index (χ0) is 13.3. The highest BCUT2D eigenvalue weighted by molar-refractivity contribution is 7.11. The lowest BCUT2D eigenvalue weighted by Gasteiger charge is -2.37. The first kappa shape index (κ1) is 13.1. The number of alkyl halides is 1. The molecular formula is C16H18ClNS. The van der Waals surface area contributed by atoms with Gasteiger partial charge in [0.1, 0.15) is 0 Å². The van der Waals surface area contributed by atoms with Gasteiger partial charge in [-0.3, -0.25) is 0 Å². The quantitative estimate of drug-likeness (QED) is 0.758. The van der Waals surface area contributed by atoms with Gasteiger partial charge in [-0.05, 0) is 43.7 Å². The molecule has 0 radical (unpaired) electrons. The average molecular weight is 292 g/mol. The maximum atomic E-state index is 6.41. The number of aryl methyl sites for hydroxylation is 2. The van der Waals surface area contributed by atoms with E-state index in [1.54, 1.807) is 11.3 Å². The molecule has 0 spiro atoms. The Hall–Kier alpha value is -0.860. The molecule has 1 nitrogen and oxygen atoms in total. The number of aromatic nitrogens is 1. The van der Waals surface area contributed by atoms with Crippen molar-refractivity contribution in [1.29, 1.82) is 0 Å². The lowest BCUT2D eigenvalue weighted by molar-refractivity contribution is 0.399. The van der Waals surface area contributed by atoms with Gasteiger partial charge in [0, 0.05) is 22.4 Å². The van der Waals surface area contributed by atoms with Crippen LogP contribution in [0.5, 0.6) is 0 Å². The zero-order valence-electron chi connectivity index (χ0n) is 11.2. The van der Waals surface area contributed by atoms with Crippen LogP contribution in [0.1, 0.15) is 33.9 Å². The molecule has 19 heavy (non-hydrogen) atoms. The minimum absolute atomic E-state index is 0.107. The number of benzene rings is 1. The van der Waals surface area contributed by atoms with Crippen LogP contribution in [0.3, 0.4) is 0 Å². The summed E-state index contributed by atoms with van der Waals surface area (Å²) in [5, 5.41) is 1.14. The van der Waals surface area contributed by atoms with Crippen LogP contribution >= 0.6 is 22.9 Å². The third-order valence-electron chi connectivity index (χ3n) is 4.13. The molecule has 1 unspecified atom stereocenters. The molecule has 1 aromatic carbocycles. The molecule has 1 aliphatic rings. The number of nitrogens with zero attached hydrogens (tertiary/aromatic N) is 1. The van der Waals surface area contributed by atoms with Crippen LogP contribution in [0.2, 0.25) is 0 Å². The standard InChI is InChI=1S/C16H18ClNS/c1-12-18-10-14(19-12)9-16(11-17)8-4-6-13-5-2-3-7-15(13)16/h2-3,5,7,10H,4,6,8-9,11H2,1H3. The fourth-order valence-electron chi connectivity index (χ4n) is 3.20. The Kier molecular flexibility index (Phi) is 3.64. The van der Waals surface area contributed by atoms with Gasteiger partial charge < -0.3 is 0 Å². The first-order valence-electron chi connectivity index (χ1n) is 6.79. The molecule has 0 saturated heterocycles. The summed E-state index contributed by atoms with van der Waals surface area (Å²) in [6.07, 6.45) is 6.66. The minimum Gasteiger partial charge on any atom is -0.250 e. The Morgan fingerprint density at radius 2 is 2.21 bits per heavy atom. The molecule has 0 saturated carbocycles. The molecule has 0 bridgehead atoms. The third kappa shape index (κ3) is 2.44. The lowest BCUT2D eigenvalue weighted by Crippen LogP contribution is -2.35. The van der Waals surface area contributed by atoms with E-state index in [1.165, 1.54) is 35.3 Å². The molecule has 1 atom stereocenters. The molecule has 1 heterocycles. The highest BCUT2D eigenvalue weighted by Crippen LogP contribution is 2.41. The summed E-state index contributed by atoms with van der Waals surface area (Å²) in [5.41, 5.74) is 3.05. The highest BCUT2D eigenvalue weighted by atomic mass is 35.5. The van der Waals surface area contributed by atoms with E-state index in [4.69, 9.17) is 11.6 Å². The van der Waals surface area contributed by atoms with Gasteiger partial charge in [-0.25, -0.2) is 4.98 Å². The van der Waals surface area contributed by atoms with E-state index in [-0.39, 0.29) is 5.41 Å². The van der Waals surface area contributed by atoms with Gasteiger partial charge in [0.05, 0.1) is 5.01 Å². The normalized spacial score (nSPS) is 22.2. The lowest BCUT2D eigenvalue weighted by atomic mass is 9.69. The molecule has 2 aromatic rings. The van der Waals surface area contributed by atoms with Crippen molar-refractivity contribution in [3.63, 3.8) is 0 Å². The van der Waals surface area contributed by atoms with Gasteiger partial charge in [0.15, 0.2) is 0 Å². The first-order valence-corrected chi connectivity index (χ1v) is 8.14. The second kappa shape index (κ2) is 5.26. The van der Waals surface area contributed by atoms with Crippen molar-refractivity contribution < 1.29 is 0 Å². The molecular weight excluding hydrogens is 274 g/mol. The summed E-state index contributed by atoms with van der Waals surface area (Å²) in [7, 11) is 0. The second-order valence-electron chi connectivity index (χ2n) is 5.45. The molecule has 1 aliphatic carbocycles. The van der Waals surface area contributed by atoms with E-state index in [1.807, 2.05) is 6.20 Å². The van der Waals surface area contributed by atoms with Crippen molar-refractivity contribution in [2.45, 2.75) is 38.0 Å². The first-order chi connectivity index (χ1) is 9.23. The van der Waals surface area contributed by atoms with Crippen LogP contribution in [0, 0.1) is 6.92 Å². The fourth-order valence-corrected chi connectivity index (χ4v) is 4.51. The number of fused-ring (bicyclic) bond motifs is 1. The molecule has 3 rings (SSSR count). The average Bonchev–Trinajstić information content (AvgIpc) is 2.84. The second-order valence-corrected chi connectivity index (χ2v) is 7.03. The highest BCUT2D eigenvalue weighted by Gasteiger charge is 2.36. The summed E-state index contributed by atoms with van der Waals surface area (Å²) in [5.74, 6) is 0.695. The van der Waals surface area contributed by atoms with E-state index in [0.29, 0.717) is 5.88 Å². The Balaban J connectivity index is 2.00. The van der Waals surface area contributed by atoms with Crippen molar-refractivity contribution in [3.05, 3.63) is 51.5 Å². The van der Waals surface area contributed by atoms with Crippen LogP contribution < -0.4 is 0 Å². The topological polar surface area (TPSA) is 12.9 Å². The van der Waals surface area contributed by atoms with Crippen LogP contribution in [-0.4, -0.2) is 10.9 Å². The van der Waals surface area contributed by atoms with E-state index in [9.17, 15) is 0 Å². The van der Waals surface area contributed by atoms with Gasteiger partial charge in [-0.1, -0.05) is 24.3 Å². The van der Waals surface area contributed by atoms with Gasteiger partial charge in [-0.15, -0.1) is 22.9 Å². The maximum Gasteiger partial charge on any atom is 0.0896 e. The molecule has 1 aromatic heterocycles. The molecule has 0 aliphatic heterocycles. The third-order valence-corrected chi connectivity index (χ3v) is 5.55. The minimum atomic E-state index is 0.107. The van der Waals surface area contributed by atoms with Gasteiger partial charge in [-0.2, -0.15) is 0 Å². The van der Waals surface area contributed by atoms with Crippen molar-refractivity contribution in [3.8, 4) is 0 Å². The van der Waals surface area contributed by atoms with Gasteiger partial charge in [0.2, 0.25) is 0 Å². The molecule has 0 fully saturated rings. The number of rotatable bonds is 3. The van der Waals surface area contributed by atoms with Crippen LogP contribution in [0.25, 0.3) is 0 Å². The molecule has 0 N–H and O–H groups in total. The summed E-state index contributed by atoms with van der Waals surface area (Å²) in [6.45, 7) is 2.07. The molecule has 0 amide bonds. The Morgan fingerprint density at radius 1 is 1.37 bits per heavy atom. The smallest absolute Gasteiger partial charge is 0.0896 e. The van der Waals surface area contributed by atoms with Crippen LogP contribution in [0.15, 0.2) is 30.5 Å². The van der Waals surface area contributed by atoms with Crippen molar-refractivity contribution in [2.75, 3.05) is 5.88 Å². The molecule has 3 heteroatoms. The number of thiazole rings is 1. The van der Waals surface area contributed by atoms with Crippen molar-refractivity contribution in [2.24, 2.45) is 0 Å². The van der Waals surface area contributed by atoms with E-state index < -0.39 is 0 Å². The van der Waals surface area contributed by atoms with Crippen LogP contribution in [0.4, 0.5) is 0 Å². The largest absolute Gasteiger partial charge is 0.250 e. The number of halogens is 1. The van der Waals surface area contributed by atoms with E-state index >= 15 is 0 Å². The monoisotopic (exact) mass is 291 g/mol. The number of hydrogen-bond donors (Lipinski definition) is 0. The predicted octanol–water partition coefficient (Wildman–Crippen LogP) is 4.51. The van der Waals surface area contributed by atoms with Crippen molar-refractivity contribution in [1.82, 2.24) is 4.98 Å². The Bertz CT molecular complexity index is 578. The fraction of sp³-hybridized carbons (Fsp3) is 0.438. The van der Waals surface area contributed by atoms with E-state index in [0.717, 1.165) is 11.4 Å². The number of hydrogen-bond acceptors (Lipinski definition) is 2. The van der Waals surface area contributed by atoms with Crippen molar-refractivity contribution >= 4 is 22.9 Å². The van der Waals surface area contributed by atoms with E-state index in [2.05, 4.69) is 36.2 Å². The Morgan fingerprint density at radius 3 is 2.95 bits per heavy atom. The summed E-state index contributed by atoms with van der Waals surface area (Å²) >= 11 is 8.21. The Labute approximate surface area is 123 Å². The summed E-state index contributed by atoms with van der Waals surface area (Å²) in [4.78, 5) is 5.74. The predicted molar refractivity (Wildman–Crippen MR) is 82.3 cm³/mol. The maximum absolute atomic E-state index is 6.41.